The molecule has 1 aromatic carbocycles. The van der Waals surface area contributed by atoms with E-state index in [0.717, 1.165) is 30.7 Å². The van der Waals surface area contributed by atoms with Crippen molar-refractivity contribution in [1.29, 1.82) is 0 Å². The Morgan fingerprint density at radius 3 is 3.00 bits per heavy atom. The smallest absolute Gasteiger partial charge is 0.227 e. The largest absolute Gasteiger partial charge is 0.497 e. The Morgan fingerprint density at radius 1 is 1.36 bits per heavy atom. The van der Waals surface area contributed by atoms with Crippen LogP contribution in [0.25, 0.3) is 0 Å². The molecule has 0 N–H and O–H groups in total. The third-order valence-electron chi connectivity index (χ3n) is 4.64. The Kier molecular flexibility index (Phi) is 4.64. The van der Waals surface area contributed by atoms with Crippen molar-refractivity contribution in [2.24, 2.45) is 0 Å². The average molecular weight is 305 g/mol. The van der Waals surface area contributed by atoms with Gasteiger partial charge in [-0.25, -0.2) is 0 Å². The van der Waals surface area contributed by atoms with Crippen LogP contribution in [0.15, 0.2) is 24.3 Å². The zero-order valence-electron chi connectivity index (χ0n) is 13.2. The maximum absolute atomic E-state index is 12.7. The van der Waals surface area contributed by atoms with Gasteiger partial charge >= 0.3 is 0 Å². The molecule has 2 saturated heterocycles. The van der Waals surface area contributed by atoms with E-state index in [1.807, 2.05) is 29.2 Å². The number of likely N-dealkylation sites (tertiary alicyclic amines) is 1. The van der Waals surface area contributed by atoms with Crippen molar-refractivity contribution in [3.63, 3.8) is 0 Å². The minimum atomic E-state index is 0.0213. The number of ether oxygens (including phenoxy) is 3. The third-order valence-corrected chi connectivity index (χ3v) is 4.64. The second-order valence-corrected chi connectivity index (χ2v) is 5.87. The predicted octanol–water partition coefficient (Wildman–Crippen LogP) is 1.64. The monoisotopic (exact) mass is 305 g/mol. The van der Waals surface area contributed by atoms with E-state index >= 15 is 0 Å². The second kappa shape index (κ2) is 6.67. The zero-order valence-corrected chi connectivity index (χ0v) is 13.2. The Balaban J connectivity index is 1.69. The molecule has 0 saturated carbocycles. The predicted molar refractivity (Wildman–Crippen MR) is 82.0 cm³/mol. The molecule has 3 atom stereocenters. The lowest BCUT2D eigenvalue weighted by Crippen LogP contribution is -2.55. The lowest BCUT2D eigenvalue weighted by atomic mass is 9.95. The lowest BCUT2D eigenvalue weighted by molar-refractivity contribution is -0.142. The number of piperidine rings is 1. The first-order valence-electron chi connectivity index (χ1n) is 7.79. The van der Waals surface area contributed by atoms with Crippen molar-refractivity contribution in [3.8, 4) is 5.75 Å². The molecule has 0 bridgehead atoms. The summed E-state index contributed by atoms with van der Waals surface area (Å²) in [6, 6.07) is 7.84. The highest BCUT2D eigenvalue weighted by Gasteiger charge is 2.44. The van der Waals surface area contributed by atoms with Crippen LogP contribution in [0.3, 0.4) is 0 Å². The number of carbonyl (C=O) groups is 1. The van der Waals surface area contributed by atoms with E-state index < -0.39 is 0 Å². The van der Waals surface area contributed by atoms with E-state index in [0.29, 0.717) is 13.0 Å². The number of fused-ring (bicyclic) bond motifs is 1. The van der Waals surface area contributed by atoms with Gasteiger partial charge in [0.1, 0.15) is 11.9 Å². The molecule has 2 heterocycles. The molecule has 0 aromatic heterocycles. The fourth-order valence-electron chi connectivity index (χ4n) is 3.51. The van der Waals surface area contributed by atoms with E-state index in [1.54, 1.807) is 14.2 Å². The lowest BCUT2D eigenvalue weighted by Gasteiger charge is -2.40. The van der Waals surface area contributed by atoms with E-state index in [1.165, 1.54) is 0 Å². The van der Waals surface area contributed by atoms with Crippen molar-refractivity contribution in [2.45, 2.75) is 37.5 Å². The topological polar surface area (TPSA) is 48.0 Å². The molecule has 5 nitrogen and oxygen atoms in total. The van der Waals surface area contributed by atoms with Crippen LogP contribution in [-0.4, -0.2) is 56.4 Å². The molecule has 0 unspecified atom stereocenters. The van der Waals surface area contributed by atoms with Crippen LogP contribution >= 0.6 is 0 Å². The summed E-state index contributed by atoms with van der Waals surface area (Å²) < 4.78 is 16.5. The fraction of sp³-hybridized carbons (Fsp3) is 0.588. The quantitative estimate of drug-likeness (QED) is 0.848. The number of methoxy groups -OCH3 is 2. The third kappa shape index (κ3) is 2.96. The summed E-state index contributed by atoms with van der Waals surface area (Å²) >= 11 is 0. The Hall–Kier alpha value is -1.59. The number of carbonyl (C=O) groups excluding carboxylic acids is 1. The molecule has 1 aromatic rings. The molecule has 22 heavy (non-hydrogen) atoms. The first-order valence-corrected chi connectivity index (χ1v) is 7.79. The van der Waals surface area contributed by atoms with Crippen molar-refractivity contribution < 1.29 is 19.0 Å². The number of rotatable bonds is 4. The van der Waals surface area contributed by atoms with Crippen LogP contribution in [0.4, 0.5) is 0 Å². The highest BCUT2D eigenvalue weighted by Crippen LogP contribution is 2.30. The molecule has 0 spiro atoms. The van der Waals surface area contributed by atoms with Crippen molar-refractivity contribution in [3.05, 3.63) is 29.8 Å². The van der Waals surface area contributed by atoms with E-state index in [-0.39, 0.29) is 24.2 Å². The summed E-state index contributed by atoms with van der Waals surface area (Å²) in [4.78, 5) is 14.7. The number of hydrogen-bond acceptors (Lipinski definition) is 4. The summed E-state index contributed by atoms with van der Waals surface area (Å²) in [5.41, 5.74) is 0.980. The number of benzene rings is 1. The second-order valence-electron chi connectivity index (χ2n) is 5.87. The first-order chi connectivity index (χ1) is 10.7. The van der Waals surface area contributed by atoms with E-state index in [4.69, 9.17) is 14.2 Å². The van der Waals surface area contributed by atoms with Crippen molar-refractivity contribution >= 4 is 5.91 Å². The molecular formula is C17H23NO4. The highest BCUT2D eigenvalue weighted by atomic mass is 16.5. The minimum Gasteiger partial charge on any atom is -0.497 e. The molecule has 3 rings (SSSR count). The van der Waals surface area contributed by atoms with Crippen LogP contribution < -0.4 is 4.74 Å². The van der Waals surface area contributed by atoms with Gasteiger partial charge in [0, 0.05) is 20.3 Å². The number of amides is 1. The van der Waals surface area contributed by atoms with Gasteiger partial charge in [0.2, 0.25) is 5.91 Å². The van der Waals surface area contributed by atoms with Crippen LogP contribution in [0.2, 0.25) is 0 Å². The van der Waals surface area contributed by atoms with Gasteiger partial charge in [0.15, 0.2) is 0 Å². The average Bonchev–Trinajstić information content (AvgIpc) is 3.03. The van der Waals surface area contributed by atoms with E-state index in [9.17, 15) is 4.79 Å². The molecule has 0 radical (unpaired) electrons. The Labute approximate surface area is 131 Å². The molecule has 2 aliphatic rings. The molecule has 5 heteroatoms. The molecule has 1 amide bonds. The van der Waals surface area contributed by atoms with Gasteiger partial charge in [-0.05, 0) is 30.5 Å². The Morgan fingerprint density at radius 2 is 2.23 bits per heavy atom. The van der Waals surface area contributed by atoms with Gasteiger partial charge in [0.05, 0.1) is 25.7 Å². The number of hydrogen-bond donors (Lipinski definition) is 0. The maximum atomic E-state index is 12.7. The summed E-state index contributed by atoms with van der Waals surface area (Å²) in [6.07, 6.45) is 2.26. The van der Waals surface area contributed by atoms with Gasteiger partial charge in [-0.15, -0.1) is 0 Å². The van der Waals surface area contributed by atoms with Gasteiger partial charge < -0.3 is 19.1 Å². The standard InChI is InChI=1S/C17H23NO4/c1-20-13-5-3-4-12(10-13)11-16(19)18-8-6-15(21-2)17-14(18)7-9-22-17/h3-5,10,14-15,17H,6-9,11H2,1-2H3/t14-,15-,17-/m1/s1. The Bertz CT molecular complexity index is 533. The SMILES string of the molecule is COc1cccc(CC(=O)N2CC[C@@H](OC)[C@@H]3OCC[C@H]32)c1. The normalized spacial score (nSPS) is 27.5. The van der Waals surface area contributed by atoms with Gasteiger partial charge in [-0.2, -0.15) is 0 Å². The summed E-state index contributed by atoms with van der Waals surface area (Å²) in [7, 11) is 3.36. The van der Waals surface area contributed by atoms with Crippen LogP contribution in [0.1, 0.15) is 18.4 Å². The van der Waals surface area contributed by atoms with Gasteiger partial charge in [-0.3, -0.25) is 4.79 Å². The van der Waals surface area contributed by atoms with Gasteiger partial charge in [-0.1, -0.05) is 12.1 Å². The van der Waals surface area contributed by atoms with Crippen LogP contribution in [0, 0.1) is 0 Å². The number of nitrogens with zero attached hydrogens (tertiary/aromatic N) is 1. The first kappa shape index (κ1) is 15.3. The zero-order chi connectivity index (χ0) is 15.5. The molecule has 2 aliphatic heterocycles. The van der Waals surface area contributed by atoms with Gasteiger partial charge in [0.25, 0.3) is 0 Å². The maximum Gasteiger partial charge on any atom is 0.227 e. The molecular weight excluding hydrogens is 282 g/mol. The van der Waals surface area contributed by atoms with Crippen LogP contribution in [-0.2, 0) is 20.7 Å². The fourth-order valence-corrected chi connectivity index (χ4v) is 3.51. The molecule has 0 aliphatic carbocycles. The van der Waals surface area contributed by atoms with E-state index in [2.05, 4.69) is 0 Å². The summed E-state index contributed by atoms with van der Waals surface area (Å²) in [5.74, 6) is 0.939. The molecule has 2 fully saturated rings. The van der Waals surface area contributed by atoms with Crippen LogP contribution in [0.5, 0.6) is 5.75 Å². The minimum absolute atomic E-state index is 0.0213. The molecule has 120 valence electrons. The summed E-state index contributed by atoms with van der Waals surface area (Å²) in [6.45, 7) is 1.45. The summed E-state index contributed by atoms with van der Waals surface area (Å²) in [5, 5.41) is 0. The van der Waals surface area contributed by atoms with Crippen molar-refractivity contribution in [2.75, 3.05) is 27.4 Å². The highest BCUT2D eigenvalue weighted by molar-refractivity contribution is 5.79. The van der Waals surface area contributed by atoms with Crippen molar-refractivity contribution in [1.82, 2.24) is 4.90 Å².